The number of carbonyl (C=O) groups is 2. The monoisotopic (exact) mass is 239 g/mol. The fourth-order valence-corrected chi connectivity index (χ4v) is 1.44. The highest BCUT2D eigenvalue weighted by molar-refractivity contribution is 6.30. The van der Waals surface area contributed by atoms with E-state index >= 15 is 0 Å². The molecule has 1 aromatic carbocycles. The molecule has 0 aliphatic rings. The molecule has 0 fully saturated rings. The molecule has 0 heterocycles. The number of nitrogens with one attached hydrogen (secondary N) is 1. The molecule has 1 N–H and O–H groups in total. The number of amides is 1. The summed E-state index contributed by atoms with van der Waals surface area (Å²) in [4.78, 5) is 22.5. The van der Waals surface area contributed by atoms with Crippen LogP contribution in [0.25, 0.3) is 0 Å². The lowest BCUT2D eigenvalue weighted by Crippen LogP contribution is -2.38. The molecule has 0 radical (unpaired) electrons. The zero-order chi connectivity index (χ0) is 12.1. The standard InChI is InChI=1S/C12H14ClNO2/c1-8(9(2)15)14-12(16)7-10-4-3-5-11(13)6-10/h3-6,8H,7H2,1-2H3,(H,14,16). The molecule has 0 spiro atoms. The smallest absolute Gasteiger partial charge is 0.224 e. The largest absolute Gasteiger partial charge is 0.346 e. The first kappa shape index (κ1) is 12.7. The summed E-state index contributed by atoms with van der Waals surface area (Å²) in [6.45, 7) is 3.11. The number of ketones is 1. The molecule has 0 aromatic heterocycles. The summed E-state index contributed by atoms with van der Waals surface area (Å²) in [5, 5.41) is 3.22. The number of hydrogen-bond donors (Lipinski definition) is 1. The molecule has 1 atom stereocenters. The van der Waals surface area contributed by atoms with Crippen molar-refractivity contribution in [3.8, 4) is 0 Å². The number of benzene rings is 1. The summed E-state index contributed by atoms with van der Waals surface area (Å²) < 4.78 is 0. The van der Waals surface area contributed by atoms with E-state index in [4.69, 9.17) is 11.6 Å². The van der Waals surface area contributed by atoms with Crippen molar-refractivity contribution in [2.24, 2.45) is 0 Å². The predicted molar refractivity (Wildman–Crippen MR) is 63.4 cm³/mol. The summed E-state index contributed by atoms with van der Waals surface area (Å²) in [6, 6.07) is 6.66. The van der Waals surface area contributed by atoms with Gasteiger partial charge in [-0.05, 0) is 31.5 Å². The van der Waals surface area contributed by atoms with Gasteiger partial charge in [0, 0.05) is 5.02 Å². The van der Waals surface area contributed by atoms with Gasteiger partial charge < -0.3 is 5.32 Å². The molecule has 86 valence electrons. The highest BCUT2D eigenvalue weighted by Crippen LogP contribution is 2.10. The maximum atomic E-state index is 11.5. The molecule has 0 aliphatic carbocycles. The van der Waals surface area contributed by atoms with Gasteiger partial charge in [-0.1, -0.05) is 23.7 Å². The maximum absolute atomic E-state index is 11.5. The summed E-state index contributed by atoms with van der Waals surface area (Å²) in [5.41, 5.74) is 0.834. The Balaban J connectivity index is 2.55. The van der Waals surface area contributed by atoms with Crippen LogP contribution in [-0.2, 0) is 16.0 Å². The molecule has 0 saturated heterocycles. The number of carbonyl (C=O) groups excluding carboxylic acids is 2. The molecule has 1 unspecified atom stereocenters. The van der Waals surface area contributed by atoms with E-state index in [1.165, 1.54) is 6.92 Å². The Morgan fingerprint density at radius 3 is 2.69 bits per heavy atom. The number of halogens is 1. The highest BCUT2D eigenvalue weighted by Gasteiger charge is 2.11. The average molecular weight is 240 g/mol. The normalized spacial score (nSPS) is 11.9. The van der Waals surface area contributed by atoms with Gasteiger partial charge in [-0.3, -0.25) is 9.59 Å². The first-order valence-corrected chi connectivity index (χ1v) is 5.41. The molecular weight excluding hydrogens is 226 g/mol. The summed E-state index contributed by atoms with van der Waals surface area (Å²) in [6.07, 6.45) is 0.234. The van der Waals surface area contributed by atoms with Gasteiger partial charge in [0.1, 0.15) is 0 Å². The van der Waals surface area contributed by atoms with Crippen LogP contribution >= 0.6 is 11.6 Å². The summed E-state index contributed by atoms with van der Waals surface area (Å²) in [5.74, 6) is -0.232. The van der Waals surface area contributed by atoms with Gasteiger partial charge in [-0.2, -0.15) is 0 Å². The Bertz CT molecular complexity index is 404. The molecule has 4 heteroatoms. The van der Waals surface area contributed by atoms with Crippen molar-refractivity contribution >= 4 is 23.3 Å². The zero-order valence-electron chi connectivity index (χ0n) is 9.29. The molecule has 1 rings (SSSR count). The molecule has 1 amide bonds. The molecular formula is C12H14ClNO2. The van der Waals surface area contributed by atoms with Crippen molar-refractivity contribution in [1.82, 2.24) is 5.32 Å². The van der Waals surface area contributed by atoms with Gasteiger partial charge in [0.25, 0.3) is 0 Å². The molecule has 0 aliphatic heterocycles. The van der Waals surface area contributed by atoms with Crippen LogP contribution in [0, 0.1) is 0 Å². The van der Waals surface area contributed by atoms with Crippen LogP contribution in [0.3, 0.4) is 0 Å². The van der Waals surface area contributed by atoms with Crippen molar-refractivity contribution in [2.75, 3.05) is 0 Å². The minimum absolute atomic E-state index is 0.0561. The molecule has 3 nitrogen and oxygen atoms in total. The van der Waals surface area contributed by atoms with E-state index in [0.29, 0.717) is 5.02 Å². The van der Waals surface area contributed by atoms with Crippen LogP contribution in [0.1, 0.15) is 19.4 Å². The van der Waals surface area contributed by atoms with Crippen LogP contribution in [0.4, 0.5) is 0 Å². The molecule has 1 aromatic rings. The van der Waals surface area contributed by atoms with Crippen LogP contribution in [0.2, 0.25) is 5.02 Å². The van der Waals surface area contributed by atoms with Crippen molar-refractivity contribution in [2.45, 2.75) is 26.3 Å². The number of hydrogen-bond acceptors (Lipinski definition) is 2. The fourth-order valence-electron chi connectivity index (χ4n) is 1.23. The first-order valence-electron chi connectivity index (χ1n) is 5.03. The van der Waals surface area contributed by atoms with Gasteiger partial charge >= 0.3 is 0 Å². The van der Waals surface area contributed by atoms with E-state index in [0.717, 1.165) is 5.56 Å². The van der Waals surface area contributed by atoms with Gasteiger partial charge in [0.2, 0.25) is 5.91 Å². The molecule has 16 heavy (non-hydrogen) atoms. The van der Waals surface area contributed by atoms with Crippen molar-refractivity contribution in [3.05, 3.63) is 34.9 Å². The van der Waals surface area contributed by atoms with E-state index in [1.54, 1.807) is 25.1 Å². The second-order valence-corrected chi connectivity index (χ2v) is 4.14. The Hall–Kier alpha value is -1.35. The SMILES string of the molecule is CC(=O)C(C)NC(=O)Cc1cccc(Cl)c1. The summed E-state index contributed by atoms with van der Waals surface area (Å²) >= 11 is 5.80. The lowest BCUT2D eigenvalue weighted by Gasteiger charge is -2.10. The van der Waals surface area contributed by atoms with E-state index < -0.39 is 6.04 Å². The Labute approximate surface area is 99.8 Å². The minimum atomic E-state index is -0.438. The van der Waals surface area contributed by atoms with Crippen LogP contribution in [-0.4, -0.2) is 17.7 Å². The van der Waals surface area contributed by atoms with Gasteiger partial charge in [-0.15, -0.1) is 0 Å². The van der Waals surface area contributed by atoms with Crippen LogP contribution in [0.15, 0.2) is 24.3 Å². The maximum Gasteiger partial charge on any atom is 0.224 e. The van der Waals surface area contributed by atoms with Gasteiger partial charge in [0.15, 0.2) is 5.78 Å². The second-order valence-electron chi connectivity index (χ2n) is 3.71. The van der Waals surface area contributed by atoms with E-state index in [1.807, 2.05) is 6.07 Å². The van der Waals surface area contributed by atoms with Crippen molar-refractivity contribution < 1.29 is 9.59 Å². The fraction of sp³-hybridized carbons (Fsp3) is 0.333. The topological polar surface area (TPSA) is 46.2 Å². The third-order valence-corrected chi connectivity index (χ3v) is 2.48. The lowest BCUT2D eigenvalue weighted by molar-refractivity contribution is -0.126. The third kappa shape index (κ3) is 4.03. The van der Waals surface area contributed by atoms with Gasteiger partial charge in [0.05, 0.1) is 12.5 Å². The minimum Gasteiger partial charge on any atom is -0.346 e. The Morgan fingerprint density at radius 1 is 1.44 bits per heavy atom. The highest BCUT2D eigenvalue weighted by atomic mass is 35.5. The summed E-state index contributed by atoms with van der Waals surface area (Å²) in [7, 11) is 0. The van der Waals surface area contributed by atoms with Crippen molar-refractivity contribution in [3.63, 3.8) is 0 Å². The molecule has 0 saturated carbocycles. The van der Waals surface area contributed by atoms with Crippen molar-refractivity contribution in [1.29, 1.82) is 0 Å². The predicted octanol–water partition coefficient (Wildman–Crippen LogP) is 1.98. The molecule has 0 bridgehead atoms. The number of Topliss-reactive ketones (excluding diaryl/α,β-unsaturated/α-hetero) is 1. The second kappa shape index (κ2) is 5.66. The van der Waals surface area contributed by atoms with E-state index in [2.05, 4.69) is 5.32 Å². The van der Waals surface area contributed by atoms with Gasteiger partial charge in [-0.25, -0.2) is 0 Å². The van der Waals surface area contributed by atoms with E-state index in [9.17, 15) is 9.59 Å². The average Bonchev–Trinajstić information content (AvgIpc) is 2.16. The number of rotatable bonds is 4. The van der Waals surface area contributed by atoms with E-state index in [-0.39, 0.29) is 18.1 Å². The Kier molecular flexibility index (Phi) is 4.50. The first-order chi connectivity index (χ1) is 7.49. The Morgan fingerprint density at radius 2 is 2.12 bits per heavy atom. The van der Waals surface area contributed by atoms with Crippen LogP contribution in [0.5, 0.6) is 0 Å². The zero-order valence-corrected chi connectivity index (χ0v) is 10.0. The lowest BCUT2D eigenvalue weighted by atomic mass is 10.1. The quantitative estimate of drug-likeness (QED) is 0.873. The third-order valence-electron chi connectivity index (χ3n) is 2.24. The van der Waals surface area contributed by atoms with Crippen LogP contribution < -0.4 is 5.32 Å².